The lowest BCUT2D eigenvalue weighted by atomic mass is 9.82. The molecule has 5 nitrogen and oxygen atoms in total. The molecule has 0 fully saturated rings. The van der Waals surface area contributed by atoms with E-state index in [0.717, 1.165) is 17.9 Å². The smallest absolute Gasteiger partial charge is 0.184 e. The van der Waals surface area contributed by atoms with E-state index in [1.54, 1.807) is 0 Å². The molecule has 0 aliphatic rings. The Labute approximate surface area is 113 Å². The van der Waals surface area contributed by atoms with Gasteiger partial charge in [-0.1, -0.05) is 39.8 Å². The monoisotopic (exact) mass is 259 g/mol. The normalized spacial score (nSPS) is 13.5. The molecule has 2 aromatic rings. The molecule has 2 rings (SSSR count). The molecule has 0 aliphatic heterocycles. The number of anilines is 1. The second-order valence-corrected chi connectivity index (χ2v) is 6.04. The molecule has 1 aromatic carbocycles. The van der Waals surface area contributed by atoms with Crippen LogP contribution in [-0.2, 0) is 6.54 Å². The van der Waals surface area contributed by atoms with E-state index >= 15 is 0 Å². The minimum Gasteiger partial charge on any atom is -0.398 e. The van der Waals surface area contributed by atoms with Crippen LogP contribution in [0.2, 0.25) is 0 Å². The van der Waals surface area contributed by atoms with Crippen molar-refractivity contribution in [2.24, 2.45) is 11.3 Å². The fourth-order valence-electron chi connectivity index (χ4n) is 1.75. The lowest BCUT2D eigenvalue weighted by Gasteiger charge is -2.27. The zero-order valence-electron chi connectivity index (χ0n) is 12.0. The molecule has 102 valence electrons. The number of para-hydroxylation sites is 1. The van der Waals surface area contributed by atoms with Crippen molar-refractivity contribution in [3.05, 3.63) is 24.3 Å². The number of benzene rings is 1. The van der Waals surface area contributed by atoms with Gasteiger partial charge in [0.15, 0.2) is 5.82 Å². The third kappa shape index (κ3) is 2.92. The Hall–Kier alpha value is -1.91. The molecule has 0 aliphatic carbocycles. The molecular formula is C14H21N5. The first-order valence-electron chi connectivity index (χ1n) is 6.50. The minimum atomic E-state index is 0.214. The van der Waals surface area contributed by atoms with Crippen molar-refractivity contribution < 1.29 is 0 Å². The van der Waals surface area contributed by atoms with Gasteiger partial charge in [-0.05, 0) is 33.9 Å². The molecule has 0 saturated heterocycles. The van der Waals surface area contributed by atoms with Crippen molar-refractivity contribution >= 4 is 5.69 Å². The van der Waals surface area contributed by atoms with E-state index in [0.29, 0.717) is 11.6 Å². The first kappa shape index (κ1) is 13.5. The highest BCUT2D eigenvalue weighted by atomic mass is 15.5. The molecule has 0 bridgehead atoms. The standard InChI is InChI=1S/C14H21N5/c1-10(14(2,3)4)9-19-13(16-17-18-19)11-7-5-6-8-12(11)15/h5-8,10H,9,15H2,1-4H3. The van der Waals surface area contributed by atoms with Crippen molar-refractivity contribution in [3.8, 4) is 11.4 Å². The highest BCUT2D eigenvalue weighted by molar-refractivity contribution is 5.70. The second kappa shape index (κ2) is 4.99. The average Bonchev–Trinajstić information content (AvgIpc) is 2.76. The van der Waals surface area contributed by atoms with Gasteiger partial charge in [0.1, 0.15) is 0 Å². The maximum Gasteiger partial charge on any atom is 0.184 e. The summed E-state index contributed by atoms with van der Waals surface area (Å²) in [6.45, 7) is 9.65. The molecular weight excluding hydrogens is 238 g/mol. The van der Waals surface area contributed by atoms with Crippen molar-refractivity contribution in [1.82, 2.24) is 20.2 Å². The lowest BCUT2D eigenvalue weighted by Crippen LogP contribution is -2.23. The molecule has 5 heteroatoms. The fourth-order valence-corrected chi connectivity index (χ4v) is 1.75. The summed E-state index contributed by atoms with van der Waals surface area (Å²) < 4.78 is 1.83. The quantitative estimate of drug-likeness (QED) is 0.860. The van der Waals surface area contributed by atoms with Gasteiger partial charge in [-0.2, -0.15) is 0 Å². The van der Waals surface area contributed by atoms with E-state index in [9.17, 15) is 0 Å². The van der Waals surface area contributed by atoms with E-state index in [-0.39, 0.29) is 5.41 Å². The Morgan fingerprint density at radius 2 is 1.95 bits per heavy atom. The van der Waals surface area contributed by atoms with Gasteiger partial charge in [-0.15, -0.1) is 5.10 Å². The Kier molecular flexibility index (Phi) is 3.55. The number of aromatic nitrogens is 4. The molecule has 0 saturated carbocycles. The van der Waals surface area contributed by atoms with Gasteiger partial charge in [-0.3, -0.25) is 0 Å². The summed E-state index contributed by atoms with van der Waals surface area (Å²) in [6.07, 6.45) is 0. The van der Waals surface area contributed by atoms with Crippen LogP contribution in [-0.4, -0.2) is 20.2 Å². The molecule has 2 N–H and O–H groups in total. The number of nitrogen functional groups attached to an aromatic ring is 1. The molecule has 0 spiro atoms. The number of hydrogen-bond acceptors (Lipinski definition) is 4. The molecule has 1 unspecified atom stereocenters. The maximum absolute atomic E-state index is 5.99. The van der Waals surface area contributed by atoms with Crippen LogP contribution in [0.1, 0.15) is 27.7 Å². The summed E-state index contributed by atoms with van der Waals surface area (Å²) in [5.74, 6) is 1.19. The van der Waals surface area contributed by atoms with Crippen LogP contribution >= 0.6 is 0 Å². The fraction of sp³-hybridized carbons (Fsp3) is 0.500. The van der Waals surface area contributed by atoms with E-state index in [1.165, 1.54) is 0 Å². The predicted octanol–water partition coefficient (Wildman–Crippen LogP) is 2.60. The zero-order chi connectivity index (χ0) is 14.0. The third-order valence-electron chi connectivity index (χ3n) is 3.66. The third-order valence-corrected chi connectivity index (χ3v) is 3.66. The topological polar surface area (TPSA) is 69.6 Å². The van der Waals surface area contributed by atoms with E-state index < -0.39 is 0 Å². The number of nitrogens with two attached hydrogens (primary N) is 1. The Morgan fingerprint density at radius 3 is 2.58 bits per heavy atom. The largest absolute Gasteiger partial charge is 0.398 e. The van der Waals surface area contributed by atoms with Crippen molar-refractivity contribution in [3.63, 3.8) is 0 Å². The molecule has 1 atom stereocenters. The Morgan fingerprint density at radius 1 is 1.26 bits per heavy atom. The van der Waals surface area contributed by atoms with Crippen LogP contribution in [0.4, 0.5) is 5.69 Å². The highest BCUT2D eigenvalue weighted by Crippen LogP contribution is 2.29. The van der Waals surface area contributed by atoms with Crippen LogP contribution in [0.15, 0.2) is 24.3 Å². The highest BCUT2D eigenvalue weighted by Gasteiger charge is 2.22. The van der Waals surface area contributed by atoms with Crippen LogP contribution in [0.25, 0.3) is 11.4 Å². The Bertz CT molecular complexity index is 553. The zero-order valence-corrected chi connectivity index (χ0v) is 12.0. The summed E-state index contributed by atoms with van der Waals surface area (Å²) in [4.78, 5) is 0. The second-order valence-electron chi connectivity index (χ2n) is 6.04. The summed E-state index contributed by atoms with van der Waals surface area (Å²) >= 11 is 0. The van der Waals surface area contributed by atoms with Crippen LogP contribution in [0, 0.1) is 11.3 Å². The molecule has 1 aromatic heterocycles. The molecule has 1 heterocycles. The van der Waals surface area contributed by atoms with Gasteiger partial charge in [0.2, 0.25) is 0 Å². The van der Waals surface area contributed by atoms with Crippen LogP contribution < -0.4 is 5.73 Å². The SMILES string of the molecule is CC(Cn1nnnc1-c1ccccc1N)C(C)(C)C. The molecule has 19 heavy (non-hydrogen) atoms. The summed E-state index contributed by atoms with van der Waals surface area (Å²) in [5, 5.41) is 12.0. The summed E-state index contributed by atoms with van der Waals surface area (Å²) in [7, 11) is 0. The van der Waals surface area contributed by atoms with Crippen molar-refractivity contribution in [1.29, 1.82) is 0 Å². The van der Waals surface area contributed by atoms with Crippen LogP contribution in [0.5, 0.6) is 0 Å². The molecule has 0 radical (unpaired) electrons. The summed E-state index contributed by atoms with van der Waals surface area (Å²) in [6, 6.07) is 7.66. The van der Waals surface area contributed by atoms with E-state index in [2.05, 4.69) is 43.2 Å². The maximum atomic E-state index is 5.99. The van der Waals surface area contributed by atoms with Crippen molar-refractivity contribution in [2.75, 3.05) is 5.73 Å². The van der Waals surface area contributed by atoms with Gasteiger partial charge in [0.25, 0.3) is 0 Å². The first-order valence-corrected chi connectivity index (χ1v) is 6.50. The Balaban J connectivity index is 2.31. The number of rotatable bonds is 3. The van der Waals surface area contributed by atoms with E-state index in [4.69, 9.17) is 5.73 Å². The minimum absolute atomic E-state index is 0.214. The number of nitrogens with zero attached hydrogens (tertiary/aromatic N) is 4. The van der Waals surface area contributed by atoms with Crippen LogP contribution in [0.3, 0.4) is 0 Å². The number of tetrazole rings is 1. The van der Waals surface area contributed by atoms with Gasteiger partial charge in [-0.25, -0.2) is 4.68 Å². The average molecular weight is 259 g/mol. The first-order chi connectivity index (χ1) is 8.89. The van der Waals surface area contributed by atoms with Gasteiger partial charge in [0.05, 0.1) is 0 Å². The predicted molar refractivity (Wildman–Crippen MR) is 76.3 cm³/mol. The van der Waals surface area contributed by atoms with Gasteiger partial charge >= 0.3 is 0 Å². The van der Waals surface area contributed by atoms with Gasteiger partial charge in [0, 0.05) is 17.8 Å². The number of hydrogen-bond donors (Lipinski definition) is 1. The van der Waals surface area contributed by atoms with Crippen molar-refractivity contribution in [2.45, 2.75) is 34.2 Å². The lowest BCUT2D eigenvalue weighted by molar-refractivity contribution is 0.225. The van der Waals surface area contributed by atoms with Gasteiger partial charge < -0.3 is 5.73 Å². The summed E-state index contributed by atoms with van der Waals surface area (Å²) in [5.41, 5.74) is 7.78. The molecule has 0 amide bonds. The van der Waals surface area contributed by atoms with E-state index in [1.807, 2.05) is 28.9 Å².